The number of hydrogen-bond donors (Lipinski definition) is 1. The Balaban J connectivity index is 1.99. The van der Waals surface area contributed by atoms with Crippen LogP contribution in [0.25, 0.3) is 0 Å². The van der Waals surface area contributed by atoms with E-state index in [-0.39, 0.29) is 5.82 Å². The summed E-state index contributed by atoms with van der Waals surface area (Å²) in [6.45, 7) is 2.22. The zero-order valence-electron chi connectivity index (χ0n) is 9.62. The van der Waals surface area contributed by atoms with E-state index in [1.807, 2.05) is 0 Å². The van der Waals surface area contributed by atoms with Crippen molar-refractivity contribution >= 4 is 5.95 Å². The molecule has 3 nitrogen and oxygen atoms in total. The normalized spacial score (nSPS) is 25.4. The minimum atomic E-state index is -0.388. The third kappa shape index (κ3) is 2.68. The van der Waals surface area contributed by atoms with Crippen molar-refractivity contribution in [2.45, 2.75) is 45.1 Å². The molecular formula is C12H18FN3. The van der Waals surface area contributed by atoms with Crippen LogP contribution in [0.5, 0.6) is 0 Å². The molecular weight excluding hydrogens is 205 g/mol. The van der Waals surface area contributed by atoms with Crippen molar-refractivity contribution in [3.8, 4) is 0 Å². The minimum Gasteiger partial charge on any atom is -0.351 e. The topological polar surface area (TPSA) is 37.8 Å². The van der Waals surface area contributed by atoms with Gasteiger partial charge in [0, 0.05) is 6.04 Å². The van der Waals surface area contributed by atoms with Crippen molar-refractivity contribution in [1.29, 1.82) is 0 Å². The molecule has 1 saturated carbocycles. The lowest BCUT2D eigenvalue weighted by atomic mass is 9.83. The summed E-state index contributed by atoms with van der Waals surface area (Å²) in [4.78, 5) is 7.89. The second-order valence-electron chi connectivity index (χ2n) is 4.43. The molecule has 1 fully saturated rings. The summed E-state index contributed by atoms with van der Waals surface area (Å²) >= 11 is 0. The molecule has 0 aromatic carbocycles. The van der Waals surface area contributed by atoms with E-state index in [1.54, 1.807) is 0 Å². The van der Waals surface area contributed by atoms with Crippen molar-refractivity contribution in [1.82, 2.24) is 9.97 Å². The van der Waals surface area contributed by atoms with Gasteiger partial charge in [-0.2, -0.15) is 0 Å². The van der Waals surface area contributed by atoms with E-state index in [1.165, 1.54) is 44.5 Å². The number of anilines is 1. The van der Waals surface area contributed by atoms with Gasteiger partial charge in [0.2, 0.25) is 5.95 Å². The molecule has 2 atom stereocenters. The summed E-state index contributed by atoms with van der Waals surface area (Å²) in [7, 11) is 0. The Kier molecular flexibility index (Phi) is 3.70. The van der Waals surface area contributed by atoms with Crippen molar-refractivity contribution in [2.24, 2.45) is 5.92 Å². The van der Waals surface area contributed by atoms with E-state index in [2.05, 4.69) is 22.2 Å². The first-order valence-corrected chi connectivity index (χ1v) is 6.03. The molecule has 0 amide bonds. The van der Waals surface area contributed by atoms with Crippen LogP contribution in [0.15, 0.2) is 12.4 Å². The van der Waals surface area contributed by atoms with Gasteiger partial charge in [-0.05, 0) is 18.8 Å². The summed E-state index contributed by atoms with van der Waals surface area (Å²) < 4.78 is 12.7. The van der Waals surface area contributed by atoms with Gasteiger partial charge in [-0.3, -0.25) is 0 Å². The largest absolute Gasteiger partial charge is 0.351 e. The van der Waals surface area contributed by atoms with E-state index >= 15 is 0 Å². The van der Waals surface area contributed by atoms with Crippen LogP contribution in [0.2, 0.25) is 0 Å². The molecule has 0 spiro atoms. The number of hydrogen-bond acceptors (Lipinski definition) is 3. The van der Waals surface area contributed by atoms with Gasteiger partial charge in [-0.25, -0.2) is 14.4 Å². The molecule has 0 aliphatic heterocycles. The second kappa shape index (κ2) is 5.23. The van der Waals surface area contributed by atoms with Gasteiger partial charge in [0.05, 0.1) is 12.4 Å². The van der Waals surface area contributed by atoms with Gasteiger partial charge in [0.15, 0.2) is 5.82 Å². The van der Waals surface area contributed by atoms with Crippen LogP contribution >= 0.6 is 0 Å². The maximum Gasteiger partial charge on any atom is 0.223 e. The number of aromatic nitrogens is 2. The van der Waals surface area contributed by atoms with Gasteiger partial charge >= 0.3 is 0 Å². The molecule has 2 rings (SSSR count). The summed E-state index contributed by atoms with van der Waals surface area (Å²) in [5.74, 6) is 0.857. The standard InChI is InChI=1S/C12H18FN3/c1-2-9-5-3-4-6-11(9)16-12-14-7-10(13)8-15-12/h7-9,11H,2-6H2,1H3,(H,14,15,16). The quantitative estimate of drug-likeness (QED) is 0.856. The van der Waals surface area contributed by atoms with E-state index in [4.69, 9.17) is 0 Å². The molecule has 0 saturated heterocycles. The van der Waals surface area contributed by atoms with E-state index in [0.29, 0.717) is 17.9 Å². The molecule has 1 aliphatic carbocycles. The van der Waals surface area contributed by atoms with Crippen LogP contribution in [0.4, 0.5) is 10.3 Å². The third-order valence-electron chi connectivity index (χ3n) is 3.37. The van der Waals surface area contributed by atoms with Crippen molar-refractivity contribution in [3.05, 3.63) is 18.2 Å². The first-order chi connectivity index (χ1) is 7.79. The molecule has 0 bridgehead atoms. The molecule has 16 heavy (non-hydrogen) atoms. The predicted octanol–water partition coefficient (Wildman–Crippen LogP) is 3.00. The van der Waals surface area contributed by atoms with Crippen LogP contribution in [0, 0.1) is 11.7 Å². The molecule has 1 aromatic heterocycles. The Morgan fingerprint density at radius 1 is 1.31 bits per heavy atom. The van der Waals surface area contributed by atoms with Crippen LogP contribution in [-0.2, 0) is 0 Å². The molecule has 2 unspecified atom stereocenters. The van der Waals surface area contributed by atoms with Gasteiger partial charge < -0.3 is 5.32 Å². The Labute approximate surface area is 95.5 Å². The van der Waals surface area contributed by atoms with Crippen LogP contribution in [0.3, 0.4) is 0 Å². The van der Waals surface area contributed by atoms with E-state index in [0.717, 1.165) is 0 Å². The molecule has 1 aliphatic rings. The number of rotatable bonds is 3. The van der Waals surface area contributed by atoms with Gasteiger partial charge in [0.25, 0.3) is 0 Å². The highest BCUT2D eigenvalue weighted by atomic mass is 19.1. The molecule has 88 valence electrons. The molecule has 4 heteroatoms. The average Bonchev–Trinajstić information content (AvgIpc) is 2.33. The lowest BCUT2D eigenvalue weighted by Crippen LogP contribution is -2.32. The van der Waals surface area contributed by atoms with Gasteiger partial charge in [-0.1, -0.05) is 26.2 Å². The van der Waals surface area contributed by atoms with Crippen LogP contribution < -0.4 is 5.32 Å². The van der Waals surface area contributed by atoms with Crippen molar-refractivity contribution < 1.29 is 4.39 Å². The summed E-state index contributed by atoms with van der Waals surface area (Å²) in [5.41, 5.74) is 0. The fraction of sp³-hybridized carbons (Fsp3) is 0.667. The summed E-state index contributed by atoms with van der Waals surface area (Å²) in [6, 6.07) is 0.448. The average molecular weight is 223 g/mol. The first kappa shape index (κ1) is 11.3. The highest BCUT2D eigenvalue weighted by Gasteiger charge is 2.23. The Bertz CT molecular complexity index is 326. The zero-order valence-corrected chi connectivity index (χ0v) is 9.62. The second-order valence-corrected chi connectivity index (χ2v) is 4.43. The minimum absolute atomic E-state index is 0.388. The summed E-state index contributed by atoms with van der Waals surface area (Å²) in [6.07, 6.45) is 8.61. The lowest BCUT2D eigenvalue weighted by Gasteiger charge is -2.31. The number of nitrogens with one attached hydrogen (secondary N) is 1. The fourth-order valence-electron chi connectivity index (χ4n) is 2.44. The molecule has 1 N–H and O–H groups in total. The lowest BCUT2D eigenvalue weighted by molar-refractivity contribution is 0.316. The fourth-order valence-corrected chi connectivity index (χ4v) is 2.44. The summed E-state index contributed by atoms with van der Waals surface area (Å²) in [5, 5.41) is 3.32. The molecule has 0 radical (unpaired) electrons. The van der Waals surface area contributed by atoms with Crippen molar-refractivity contribution in [3.63, 3.8) is 0 Å². The maximum atomic E-state index is 12.7. The number of halogens is 1. The smallest absolute Gasteiger partial charge is 0.223 e. The molecule has 1 aromatic rings. The first-order valence-electron chi connectivity index (χ1n) is 6.03. The zero-order chi connectivity index (χ0) is 11.4. The van der Waals surface area contributed by atoms with E-state index in [9.17, 15) is 4.39 Å². The maximum absolute atomic E-state index is 12.7. The van der Waals surface area contributed by atoms with Gasteiger partial charge in [-0.15, -0.1) is 0 Å². The highest BCUT2D eigenvalue weighted by molar-refractivity contribution is 5.25. The Morgan fingerprint density at radius 2 is 2.00 bits per heavy atom. The van der Waals surface area contributed by atoms with Crippen LogP contribution in [0.1, 0.15) is 39.0 Å². The van der Waals surface area contributed by atoms with Gasteiger partial charge in [0.1, 0.15) is 0 Å². The molecule has 1 heterocycles. The predicted molar refractivity (Wildman–Crippen MR) is 61.6 cm³/mol. The third-order valence-corrected chi connectivity index (χ3v) is 3.37. The monoisotopic (exact) mass is 223 g/mol. The van der Waals surface area contributed by atoms with Crippen LogP contribution in [-0.4, -0.2) is 16.0 Å². The SMILES string of the molecule is CCC1CCCCC1Nc1ncc(F)cn1. The van der Waals surface area contributed by atoms with E-state index < -0.39 is 0 Å². The Morgan fingerprint density at radius 3 is 2.69 bits per heavy atom. The number of nitrogens with zero attached hydrogens (tertiary/aromatic N) is 2. The highest BCUT2D eigenvalue weighted by Crippen LogP contribution is 2.28. The Hall–Kier alpha value is -1.19. The van der Waals surface area contributed by atoms with Crippen molar-refractivity contribution in [2.75, 3.05) is 5.32 Å².